The SMILES string of the molecule is CCCCC1=Cc2ccccc2[CH]1[Ti+2](=[C](C)C)[CH]1C(CCCC)=Cc2ccccc21.[Cl-].[Cl-]. The molecule has 2 aliphatic rings. The Labute approximate surface area is 213 Å². The summed E-state index contributed by atoms with van der Waals surface area (Å²) in [6, 6.07) is 18.5. The third-order valence-electron chi connectivity index (χ3n) is 6.87. The number of unbranched alkanes of at least 4 members (excludes halogenated alkanes) is 2. The minimum Gasteiger partial charge on any atom is -1.00 e. The van der Waals surface area contributed by atoms with E-state index in [0.29, 0.717) is 8.45 Å². The average Bonchev–Trinajstić information content (AvgIpc) is 3.30. The van der Waals surface area contributed by atoms with E-state index in [4.69, 9.17) is 0 Å². The normalized spacial score (nSPS) is 17.7. The number of halogens is 2. The molecule has 4 rings (SSSR count). The van der Waals surface area contributed by atoms with E-state index in [1.807, 2.05) is 0 Å². The van der Waals surface area contributed by atoms with Gasteiger partial charge in [0, 0.05) is 0 Å². The predicted molar refractivity (Wildman–Crippen MR) is 130 cm³/mol. The van der Waals surface area contributed by atoms with Crippen molar-refractivity contribution in [1.82, 2.24) is 0 Å². The van der Waals surface area contributed by atoms with Crippen molar-refractivity contribution < 1.29 is 42.2 Å². The molecule has 2 unspecified atom stereocenters. The zero-order valence-electron chi connectivity index (χ0n) is 19.9. The van der Waals surface area contributed by atoms with Gasteiger partial charge in [-0.1, -0.05) is 0 Å². The summed E-state index contributed by atoms with van der Waals surface area (Å²) in [5, 5.41) is 0. The van der Waals surface area contributed by atoms with Crippen molar-refractivity contribution in [3.8, 4) is 0 Å². The minimum atomic E-state index is -1.67. The Morgan fingerprint density at radius 3 is 1.47 bits per heavy atom. The van der Waals surface area contributed by atoms with Gasteiger partial charge in [0.1, 0.15) is 0 Å². The number of hydrogen-bond donors (Lipinski definition) is 0. The Hall–Kier alpha value is -0.916. The first-order chi connectivity index (χ1) is 14.7. The van der Waals surface area contributed by atoms with E-state index in [1.165, 1.54) is 49.7 Å². The van der Waals surface area contributed by atoms with Gasteiger partial charge in [0.2, 0.25) is 0 Å². The Kier molecular flexibility index (Phi) is 10.7. The van der Waals surface area contributed by atoms with E-state index in [1.54, 1.807) is 26.1 Å². The summed E-state index contributed by atoms with van der Waals surface area (Å²) >= 11 is -1.67. The second-order valence-corrected chi connectivity index (χ2v) is 14.0. The Morgan fingerprint density at radius 2 is 1.09 bits per heavy atom. The fourth-order valence-corrected chi connectivity index (χ4v) is 11.6. The topological polar surface area (TPSA) is 0 Å². The van der Waals surface area contributed by atoms with Crippen LogP contribution in [0, 0.1) is 0 Å². The maximum absolute atomic E-state index is 2.56. The first-order valence-electron chi connectivity index (χ1n) is 11.9. The van der Waals surface area contributed by atoms with E-state index in [0.717, 1.165) is 0 Å². The second-order valence-electron chi connectivity index (χ2n) is 9.22. The molecule has 0 amide bonds. The van der Waals surface area contributed by atoms with Gasteiger partial charge in [0.25, 0.3) is 0 Å². The van der Waals surface area contributed by atoms with Crippen LogP contribution in [0.2, 0.25) is 0 Å². The fourth-order valence-electron chi connectivity index (χ4n) is 5.45. The van der Waals surface area contributed by atoms with E-state index in [-0.39, 0.29) is 24.8 Å². The Morgan fingerprint density at radius 1 is 0.688 bits per heavy atom. The molecule has 170 valence electrons. The molecule has 2 aliphatic carbocycles. The predicted octanol–water partition coefficient (Wildman–Crippen LogP) is 2.48. The van der Waals surface area contributed by atoms with Gasteiger partial charge in [-0.25, -0.2) is 0 Å². The summed E-state index contributed by atoms with van der Waals surface area (Å²) in [5.41, 5.74) is 9.69. The summed E-state index contributed by atoms with van der Waals surface area (Å²) in [7, 11) is 0. The zero-order valence-corrected chi connectivity index (χ0v) is 23.0. The molecule has 0 aromatic heterocycles. The summed E-state index contributed by atoms with van der Waals surface area (Å²) in [5.74, 6) is 0. The largest absolute Gasteiger partial charge is 1.00 e. The van der Waals surface area contributed by atoms with Crippen LogP contribution in [-0.2, 0) is 17.4 Å². The van der Waals surface area contributed by atoms with Crippen molar-refractivity contribution in [2.45, 2.75) is 74.7 Å². The van der Waals surface area contributed by atoms with Gasteiger partial charge in [-0.05, 0) is 0 Å². The van der Waals surface area contributed by atoms with Gasteiger partial charge in [0.05, 0.1) is 0 Å². The van der Waals surface area contributed by atoms with Crippen LogP contribution in [0.3, 0.4) is 0 Å². The molecule has 2 aromatic rings. The maximum Gasteiger partial charge on any atom is -1.00 e. The molecule has 0 radical (unpaired) electrons. The minimum absolute atomic E-state index is 0. The molecule has 0 bridgehead atoms. The van der Waals surface area contributed by atoms with Crippen molar-refractivity contribution in [2.75, 3.05) is 0 Å². The van der Waals surface area contributed by atoms with Crippen LogP contribution in [0.15, 0.2) is 59.7 Å². The first kappa shape index (κ1) is 27.3. The van der Waals surface area contributed by atoms with E-state index in [9.17, 15) is 0 Å². The van der Waals surface area contributed by atoms with Crippen LogP contribution in [0.25, 0.3) is 12.2 Å². The molecule has 2 aromatic carbocycles. The molecule has 32 heavy (non-hydrogen) atoms. The first-order valence-corrected chi connectivity index (χ1v) is 14.5. The number of fused-ring (bicyclic) bond motifs is 2. The molecule has 0 saturated heterocycles. The van der Waals surface area contributed by atoms with Gasteiger partial charge in [-0.15, -0.1) is 0 Å². The van der Waals surface area contributed by atoms with Crippen LogP contribution >= 0.6 is 0 Å². The van der Waals surface area contributed by atoms with Gasteiger partial charge in [-0.3, -0.25) is 0 Å². The molecule has 3 heteroatoms. The molecule has 0 nitrogen and oxygen atoms in total. The van der Waals surface area contributed by atoms with Crippen LogP contribution in [0.1, 0.15) is 96.9 Å². The second kappa shape index (κ2) is 12.5. The monoisotopic (exact) mass is 502 g/mol. The molecule has 0 heterocycles. The Bertz CT molecular complexity index is 936. The number of hydrogen-bond acceptors (Lipinski definition) is 0. The van der Waals surface area contributed by atoms with Crippen LogP contribution in [0.4, 0.5) is 0 Å². The molecule has 0 fully saturated rings. The summed E-state index contributed by atoms with van der Waals surface area (Å²) < 4.78 is 3.10. The molecule has 2 atom stereocenters. The van der Waals surface area contributed by atoms with Crippen molar-refractivity contribution in [1.29, 1.82) is 0 Å². The van der Waals surface area contributed by atoms with Crippen molar-refractivity contribution in [3.63, 3.8) is 0 Å². The number of allylic oxidation sites excluding steroid dienone is 2. The van der Waals surface area contributed by atoms with Gasteiger partial charge in [0.15, 0.2) is 0 Å². The molecule has 0 saturated carbocycles. The maximum atomic E-state index is 2.56. The standard InChI is InChI=1S/2C13H15.C3H6.2ClH.Ti/c2*1-2-3-6-11-9-12-7-4-5-8-13(12)10-11;1-3-2;;;/h2*4-5,7-10H,2-3,6H2,1H3;1-2H3;2*1H;/q;;;;;+2/p-2. The summed E-state index contributed by atoms with van der Waals surface area (Å²) in [4.78, 5) is 0. The van der Waals surface area contributed by atoms with E-state index >= 15 is 0 Å². The van der Waals surface area contributed by atoms with Crippen molar-refractivity contribution >= 4 is 16.0 Å². The third kappa shape index (κ3) is 5.42. The zero-order chi connectivity index (χ0) is 21.1. The van der Waals surface area contributed by atoms with E-state index < -0.39 is 17.4 Å². The summed E-state index contributed by atoms with van der Waals surface area (Å²) in [6.45, 7) is 9.55. The van der Waals surface area contributed by atoms with Gasteiger partial charge < -0.3 is 24.8 Å². The number of rotatable bonds is 8. The quantitative estimate of drug-likeness (QED) is 0.486. The van der Waals surface area contributed by atoms with Crippen molar-refractivity contribution in [2.24, 2.45) is 0 Å². The van der Waals surface area contributed by atoms with Crippen LogP contribution in [0.5, 0.6) is 0 Å². The Balaban J connectivity index is 0.00000181. The molecule has 0 aliphatic heterocycles. The van der Waals surface area contributed by atoms with Gasteiger partial charge in [-0.2, -0.15) is 0 Å². The smallest absolute Gasteiger partial charge is 1.00 e. The molecular formula is C29H36Cl2Ti. The van der Waals surface area contributed by atoms with Crippen molar-refractivity contribution in [3.05, 3.63) is 81.9 Å². The van der Waals surface area contributed by atoms with E-state index in [2.05, 4.69) is 88.4 Å². The number of benzene rings is 2. The molecule has 0 spiro atoms. The fraction of sp³-hybridized carbons (Fsp3) is 0.414. The van der Waals surface area contributed by atoms with Crippen LogP contribution in [-0.4, -0.2) is 3.81 Å². The molecular weight excluding hydrogens is 467 g/mol. The van der Waals surface area contributed by atoms with Crippen LogP contribution < -0.4 is 24.8 Å². The third-order valence-corrected chi connectivity index (χ3v) is 12.7. The molecule has 0 N–H and O–H groups in total. The summed E-state index contributed by atoms with van der Waals surface area (Å²) in [6.07, 6.45) is 12.8. The average molecular weight is 503 g/mol. The van der Waals surface area contributed by atoms with Gasteiger partial charge >= 0.3 is 190 Å².